The molecule has 0 atom stereocenters. The number of thiophene rings is 1. The van der Waals surface area contributed by atoms with E-state index in [2.05, 4.69) is 26.1 Å². The van der Waals surface area contributed by atoms with Crippen LogP contribution in [0.5, 0.6) is 0 Å². The highest BCUT2D eigenvalue weighted by Gasteiger charge is 2.18. The molecule has 3 nitrogen and oxygen atoms in total. The predicted octanol–water partition coefficient (Wildman–Crippen LogP) is 3.11. The molecule has 4 heteroatoms. The van der Waals surface area contributed by atoms with Gasteiger partial charge in [-0.25, -0.2) is 4.79 Å². The summed E-state index contributed by atoms with van der Waals surface area (Å²) in [6, 6.07) is 1.74. The van der Waals surface area contributed by atoms with Crippen LogP contribution in [0.25, 0.3) is 0 Å². The van der Waals surface area contributed by atoms with Crippen molar-refractivity contribution in [3.63, 3.8) is 0 Å². The largest absolute Gasteiger partial charge is 0.478 e. The lowest BCUT2D eigenvalue weighted by Gasteiger charge is -2.28. The molecule has 0 saturated heterocycles. The highest BCUT2D eigenvalue weighted by molar-refractivity contribution is 7.10. The maximum atomic E-state index is 10.7. The van der Waals surface area contributed by atoms with Crippen molar-refractivity contribution in [1.29, 1.82) is 0 Å². The molecule has 0 spiro atoms. The number of hydrogen-bond acceptors (Lipinski definition) is 3. The van der Waals surface area contributed by atoms with Crippen molar-refractivity contribution >= 4 is 17.3 Å². The first-order valence-corrected chi connectivity index (χ1v) is 6.44. The van der Waals surface area contributed by atoms with Gasteiger partial charge in [0.2, 0.25) is 0 Å². The Hall–Kier alpha value is -0.870. The van der Waals surface area contributed by atoms with Gasteiger partial charge in [0, 0.05) is 22.3 Å². The molecule has 0 aliphatic carbocycles. The standard InChI is InChI=1S/C12H19NO2S/c1-4-12(3,5-2)13-7-10-6-9(8-16-10)11(14)15/h6,8,13H,4-5,7H2,1-3H3,(H,14,15). The Kier molecular flexibility index (Phi) is 4.50. The summed E-state index contributed by atoms with van der Waals surface area (Å²) in [6.07, 6.45) is 2.14. The molecule has 1 aromatic rings. The van der Waals surface area contributed by atoms with Gasteiger partial charge in [-0.2, -0.15) is 0 Å². The average molecular weight is 241 g/mol. The molecule has 1 heterocycles. The number of rotatable bonds is 6. The van der Waals surface area contributed by atoms with Crippen LogP contribution in [0.4, 0.5) is 0 Å². The monoisotopic (exact) mass is 241 g/mol. The molecular weight excluding hydrogens is 222 g/mol. The van der Waals surface area contributed by atoms with Crippen molar-refractivity contribution < 1.29 is 9.90 Å². The SMILES string of the molecule is CCC(C)(CC)NCc1cc(C(=O)O)cs1. The van der Waals surface area contributed by atoms with Gasteiger partial charge in [-0.1, -0.05) is 13.8 Å². The fraction of sp³-hybridized carbons (Fsp3) is 0.583. The van der Waals surface area contributed by atoms with Crippen LogP contribution in [0, 0.1) is 0 Å². The van der Waals surface area contributed by atoms with Gasteiger partial charge in [0.15, 0.2) is 0 Å². The Morgan fingerprint density at radius 2 is 2.12 bits per heavy atom. The third-order valence-electron chi connectivity index (χ3n) is 3.15. The lowest BCUT2D eigenvalue weighted by atomic mass is 9.95. The Labute approximate surface area is 100 Å². The van der Waals surface area contributed by atoms with E-state index in [-0.39, 0.29) is 5.54 Å². The highest BCUT2D eigenvalue weighted by atomic mass is 32.1. The van der Waals surface area contributed by atoms with E-state index < -0.39 is 5.97 Å². The third kappa shape index (κ3) is 3.32. The quantitative estimate of drug-likeness (QED) is 0.804. The lowest BCUT2D eigenvalue weighted by Crippen LogP contribution is -2.40. The first kappa shape index (κ1) is 13.2. The van der Waals surface area contributed by atoms with Crippen LogP contribution in [0.1, 0.15) is 48.8 Å². The summed E-state index contributed by atoms with van der Waals surface area (Å²) in [5.74, 6) is -0.851. The van der Waals surface area contributed by atoms with Crippen LogP contribution < -0.4 is 5.32 Å². The van der Waals surface area contributed by atoms with E-state index in [4.69, 9.17) is 5.11 Å². The van der Waals surface area contributed by atoms with Crippen molar-refractivity contribution in [3.05, 3.63) is 21.9 Å². The van der Waals surface area contributed by atoms with Crippen LogP contribution in [-0.2, 0) is 6.54 Å². The molecule has 0 unspecified atom stereocenters. The second-order valence-corrected chi connectivity index (χ2v) is 5.22. The van der Waals surface area contributed by atoms with E-state index >= 15 is 0 Å². The molecule has 1 rings (SSSR count). The van der Waals surface area contributed by atoms with E-state index in [1.54, 1.807) is 11.4 Å². The van der Waals surface area contributed by atoms with Gasteiger partial charge in [0.1, 0.15) is 0 Å². The average Bonchev–Trinajstić information content (AvgIpc) is 2.75. The summed E-state index contributed by atoms with van der Waals surface area (Å²) >= 11 is 1.50. The molecule has 0 saturated carbocycles. The minimum Gasteiger partial charge on any atom is -0.478 e. The van der Waals surface area contributed by atoms with E-state index in [9.17, 15) is 4.79 Å². The van der Waals surface area contributed by atoms with Crippen LogP contribution in [0.15, 0.2) is 11.4 Å². The Bertz CT molecular complexity index is 356. The summed E-state index contributed by atoms with van der Waals surface area (Å²) in [6.45, 7) is 7.26. The summed E-state index contributed by atoms with van der Waals surface area (Å²) in [4.78, 5) is 11.8. The van der Waals surface area contributed by atoms with E-state index in [0.29, 0.717) is 5.56 Å². The van der Waals surface area contributed by atoms with Gasteiger partial charge in [-0.3, -0.25) is 0 Å². The molecule has 0 aromatic carbocycles. The zero-order valence-electron chi connectivity index (χ0n) is 10.0. The number of nitrogens with one attached hydrogen (secondary N) is 1. The molecule has 90 valence electrons. The predicted molar refractivity (Wildman–Crippen MR) is 67.1 cm³/mol. The number of carbonyl (C=O) groups is 1. The van der Waals surface area contributed by atoms with Crippen molar-refractivity contribution in [1.82, 2.24) is 5.32 Å². The van der Waals surface area contributed by atoms with E-state index in [0.717, 1.165) is 24.3 Å². The van der Waals surface area contributed by atoms with Gasteiger partial charge in [-0.15, -0.1) is 11.3 Å². The van der Waals surface area contributed by atoms with Crippen LogP contribution in [-0.4, -0.2) is 16.6 Å². The maximum Gasteiger partial charge on any atom is 0.336 e. The van der Waals surface area contributed by atoms with E-state index in [1.807, 2.05) is 0 Å². The van der Waals surface area contributed by atoms with Crippen molar-refractivity contribution in [2.75, 3.05) is 0 Å². The van der Waals surface area contributed by atoms with Crippen molar-refractivity contribution in [2.45, 2.75) is 45.7 Å². The lowest BCUT2D eigenvalue weighted by molar-refractivity contribution is 0.0697. The number of carboxylic acids is 1. The first-order valence-electron chi connectivity index (χ1n) is 5.56. The summed E-state index contributed by atoms with van der Waals surface area (Å²) in [7, 11) is 0. The molecule has 0 fully saturated rings. The zero-order chi connectivity index (χ0) is 12.2. The number of hydrogen-bond donors (Lipinski definition) is 2. The van der Waals surface area contributed by atoms with E-state index in [1.165, 1.54) is 11.3 Å². The normalized spacial score (nSPS) is 11.7. The summed E-state index contributed by atoms with van der Waals surface area (Å²) in [5, 5.41) is 14.0. The molecule has 16 heavy (non-hydrogen) atoms. The topological polar surface area (TPSA) is 49.3 Å². The second kappa shape index (κ2) is 5.46. The minimum atomic E-state index is -0.851. The third-order valence-corrected chi connectivity index (χ3v) is 4.09. The molecule has 0 aliphatic heterocycles. The molecule has 0 bridgehead atoms. The first-order chi connectivity index (χ1) is 7.50. The Balaban J connectivity index is 2.57. The van der Waals surface area contributed by atoms with Crippen molar-refractivity contribution in [3.8, 4) is 0 Å². The van der Waals surface area contributed by atoms with Crippen LogP contribution in [0.2, 0.25) is 0 Å². The highest BCUT2D eigenvalue weighted by Crippen LogP contribution is 2.18. The summed E-state index contributed by atoms with van der Waals surface area (Å²) < 4.78 is 0. The van der Waals surface area contributed by atoms with Gasteiger partial charge < -0.3 is 10.4 Å². The van der Waals surface area contributed by atoms with Gasteiger partial charge in [-0.05, 0) is 25.8 Å². The molecule has 0 aliphatic rings. The molecule has 0 amide bonds. The number of aromatic carboxylic acids is 1. The Morgan fingerprint density at radius 1 is 1.50 bits per heavy atom. The zero-order valence-corrected chi connectivity index (χ0v) is 10.9. The number of carboxylic acid groups (broad SMARTS) is 1. The molecular formula is C12H19NO2S. The van der Waals surface area contributed by atoms with Gasteiger partial charge in [0.25, 0.3) is 0 Å². The van der Waals surface area contributed by atoms with Crippen LogP contribution >= 0.6 is 11.3 Å². The van der Waals surface area contributed by atoms with Crippen molar-refractivity contribution in [2.24, 2.45) is 0 Å². The molecule has 1 aromatic heterocycles. The molecule has 0 radical (unpaired) electrons. The smallest absolute Gasteiger partial charge is 0.336 e. The second-order valence-electron chi connectivity index (χ2n) is 4.23. The maximum absolute atomic E-state index is 10.7. The Morgan fingerprint density at radius 3 is 2.56 bits per heavy atom. The van der Waals surface area contributed by atoms with Gasteiger partial charge in [0.05, 0.1) is 5.56 Å². The fourth-order valence-electron chi connectivity index (χ4n) is 1.39. The fourth-order valence-corrected chi connectivity index (χ4v) is 2.18. The molecule has 2 N–H and O–H groups in total. The van der Waals surface area contributed by atoms with Gasteiger partial charge >= 0.3 is 5.97 Å². The van der Waals surface area contributed by atoms with Crippen LogP contribution in [0.3, 0.4) is 0 Å². The minimum absolute atomic E-state index is 0.146. The summed E-state index contributed by atoms with van der Waals surface area (Å²) in [5.41, 5.74) is 0.532.